The van der Waals surface area contributed by atoms with Gasteiger partial charge in [-0.15, -0.1) is 0 Å². The summed E-state index contributed by atoms with van der Waals surface area (Å²) in [6, 6.07) is 3.06. The summed E-state index contributed by atoms with van der Waals surface area (Å²) < 4.78 is 17.6. The Morgan fingerprint density at radius 1 is 1.26 bits per heavy atom. The zero-order valence-corrected chi connectivity index (χ0v) is 15.5. The second-order valence-electron chi connectivity index (χ2n) is 6.78. The topological polar surface area (TPSA) is 109 Å². The van der Waals surface area contributed by atoms with Gasteiger partial charge in [0, 0.05) is 6.07 Å². The summed E-state index contributed by atoms with van der Waals surface area (Å²) in [5.74, 6) is 0.521. The summed E-state index contributed by atoms with van der Waals surface area (Å²) in [6.45, 7) is 5.37. The van der Waals surface area contributed by atoms with Gasteiger partial charge < -0.3 is 19.3 Å². The van der Waals surface area contributed by atoms with E-state index in [1.807, 2.05) is 0 Å². The molecule has 1 N–H and O–H groups in total. The van der Waals surface area contributed by atoms with Gasteiger partial charge in [0.05, 0.1) is 30.4 Å². The van der Waals surface area contributed by atoms with Crippen molar-refractivity contribution < 1.29 is 24.1 Å². The number of aromatic nitrogens is 4. The maximum atomic E-state index is 11.9. The molecule has 0 fully saturated rings. The van der Waals surface area contributed by atoms with E-state index in [-0.39, 0.29) is 23.9 Å². The van der Waals surface area contributed by atoms with Crippen LogP contribution in [0.25, 0.3) is 10.9 Å². The van der Waals surface area contributed by atoms with Gasteiger partial charge in [-0.05, 0) is 26.8 Å². The molecule has 3 aromatic rings. The van der Waals surface area contributed by atoms with E-state index in [1.54, 1.807) is 33.0 Å². The van der Waals surface area contributed by atoms with Crippen LogP contribution in [0.5, 0.6) is 23.1 Å². The molecule has 3 rings (SSSR count). The third kappa shape index (κ3) is 4.43. The zero-order chi connectivity index (χ0) is 19.6. The second-order valence-corrected chi connectivity index (χ2v) is 6.78. The van der Waals surface area contributed by atoms with Crippen molar-refractivity contribution in [2.75, 3.05) is 7.11 Å². The van der Waals surface area contributed by atoms with Gasteiger partial charge in [0.15, 0.2) is 17.2 Å². The van der Waals surface area contributed by atoms with Crippen molar-refractivity contribution in [3.8, 4) is 23.1 Å². The van der Waals surface area contributed by atoms with Crippen LogP contribution in [-0.4, -0.2) is 43.5 Å². The lowest BCUT2D eigenvalue weighted by molar-refractivity contribution is -0.155. The van der Waals surface area contributed by atoms with E-state index in [9.17, 15) is 9.90 Å². The van der Waals surface area contributed by atoms with Crippen LogP contribution in [0.15, 0.2) is 30.9 Å². The van der Waals surface area contributed by atoms with Crippen molar-refractivity contribution in [3.63, 3.8) is 0 Å². The van der Waals surface area contributed by atoms with Gasteiger partial charge >= 0.3 is 5.97 Å². The van der Waals surface area contributed by atoms with Gasteiger partial charge in [-0.1, -0.05) is 0 Å². The number of phenols is 1. The Bertz CT molecular complexity index is 978. The van der Waals surface area contributed by atoms with Crippen molar-refractivity contribution in [1.29, 1.82) is 0 Å². The molecule has 0 amide bonds. The molecule has 0 saturated heterocycles. The Hall–Kier alpha value is -3.36. The largest absolute Gasteiger partial charge is 0.504 e. The maximum Gasteiger partial charge on any atom is 0.328 e. The minimum atomic E-state index is -0.561. The number of nitrogens with zero attached hydrogens (tertiary/aromatic N) is 4. The molecule has 0 atom stereocenters. The van der Waals surface area contributed by atoms with Gasteiger partial charge in [0.25, 0.3) is 0 Å². The number of hydrogen-bond acceptors (Lipinski definition) is 8. The highest BCUT2D eigenvalue weighted by molar-refractivity contribution is 5.86. The van der Waals surface area contributed by atoms with E-state index < -0.39 is 11.6 Å². The summed E-state index contributed by atoms with van der Waals surface area (Å²) in [4.78, 5) is 20.1. The molecule has 0 aliphatic rings. The molecule has 0 saturated carbocycles. The first-order valence-electron chi connectivity index (χ1n) is 8.19. The number of aromatic hydroxyl groups is 1. The monoisotopic (exact) mass is 372 g/mol. The van der Waals surface area contributed by atoms with Gasteiger partial charge in [-0.2, -0.15) is 5.10 Å². The molecular formula is C18H20N4O5. The van der Waals surface area contributed by atoms with Gasteiger partial charge in [0.2, 0.25) is 5.88 Å². The van der Waals surface area contributed by atoms with E-state index in [0.29, 0.717) is 16.7 Å². The van der Waals surface area contributed by atoms with Crippen molar-refractivity contribution in [2.24, 2.45) is 0 Å². The molecule has 0 unspecified atom stereocenters. The number of hydrogen-bond donors (Lipinski definition) is 1. The first kappa shape index (κ1) is 18.4. The number of benzene rings is 1. The van der Waals surface area contributed by atoms with E-state index >= 15 is 0 Å². The van der Waals surface area contributed by atoms with Crippen LogP contribution in [0.4, 0.5) is 0 Å². The van der Waals surface area contributed by atoms with Crippen LogP contribution in [0.2, 0.25) is 0 Å². The maximum absolute atomic E-state index is 11.9. The highest BCUT2D eigenvalue weighted by Crippen LogP contribution is 2.34. The molecule has 0 aliphatic heterocycles. The normalized spacial score (nSPS) is 11.4. The molecular weight excluding hydrogens is 352 g/mol. The molecule has 2 aromatic heterocycles. The molecule has 9 nitrogen and oxygen atoms in total. The lowest BCUT2D eigenvalue weighted by Crippen LogP contribution is -2.26. The highest BCUT2D eigenvalue weighted by atomic mass is 16.6. The Labute approximate surface area is 155 Å². The fourth-order valence-corrected chi connectivity index (χ4v) is 2.39. The zero-order valence-electron chi connectivity index (χ0n) is 15.5. The summed E-state index contributed by atoms with van der Waals surface area (Å²) in [5.41, 5.74) is -0.0620. The van der Waals surface area contributed by atoms with Crippen LogP contribution >= 0.6 is 0 Å². The fourth-order valence-electron chi connectivity index (χ4n) is 2.39. The highest BCUT2D eigenvalue weighted by Gasteiger charge is 2.17. The number of ether oxygens (including phenoxy) is 3. The van der Waals surface area contributed by atoms with Crippen molar-refractivity contribution >= 4 is 16.9 Å². The van der Waals surface area contributed by atoms with Crippen molar-refractivity contribution in [2.45, 2.75) is 32.9 Å². The minimum absolute atomic E-state index is 0.0279. The number of phenolic OH excluding ortho intramolecular Hbond substituents is 1. The van der Waals surface area contributed by atoms with Crippen LogP contribution in [0.1, 0.15) is 20.8 Å². The standard InChI is InChI=1S/C18H20N4O5/c1-18(2,3)27-16(24)9-22-8-11(7-21-22)26-17-12-5-15(25-4)14(23)6-13(12)19-10-20-17/h5-8,10,23H,9H2,1-4H3. The predicted molar refractivity (Wildman–Crippen MR) is 95.9 cm³/mol. The molecule has 2 heterocycles. The lowest BCUT2D eigenvalue weighted by Gasteiger charge is -2.19. The summed E-state index contributed by atoms with van der Waals surface area (Å²) in [6.07, 6.45) is 4.36. The Balaban J connectivity index is 1.80. The van der Waals surface area contributed by atoms with E-state index in [4.69, 9.17) is 14.2 Å². The van der Waals surface area contributed by atoms with E-state index in [1.165, 1.54) is 30.4 Å². The summed E-state index contributed by atoms with van der Waals surface area (Å²) in [7, 11) is 1.45. The molecule has 27 heavy (non-hydrogen) atoms. The Kier molecular flexibility index (Phi) is 4.85. The number of carbonyl (C=O) groups excluding carboxylic acids is 1. The van der Waals surface area contributed by atoms with E-state index in [0.717, 1.165) is 0 Å². The SMILES string of the molecule is COc1cc2c(Oc3cnn(CC(=O)OC(C)(C)C)c3)ncnc2cc1O. The second kappa shape index (κ2) is 7.10. The number of rotatable bonds is 5. The number of carbonyl (C=O) groups is 1. The Morgan fingerprint density at radius 2 is 2.04 bits per heavy atom. The quantitative estimate of drug-likeness (QED) is 0.681. The molecule has 9 heteroatoms. The van der Waals surface area contributed by atoms with Gasteiger partial charge in [-0.25, -0.2) is 9.97 Å². The minimum Gasteiger partial charge on any atom is -0.504 e. The van der Waals surface area contributed by atoms with Crippen molar-refractivity contribution in [3.05, 3.63) is 30.9 Å². The third-order valence-corrected chi connectivity index (χ3v) is 3.43. The average Bonchev–Trinajstić information content (AvgIpc) is 2.99. The number of esters is 1. The fraction of sp³-hybridized carbons (Fsp3) is 0.333. The first-order chi connectivity index (χ1) is 12.7. The van der Waals surface area contributed by atoms with Crippen LogP contribution in [0.3, 0.4) is 0 Å². The summed E-state index contributed by atoms with van der Waals surface area (Å²) in [5, 5.41) is 14.5. The third-order valence-electron chi connectivity index (χ3n) is 3.43. The smallest absolute Gasteiger partial charge is 0.328 e. The van der Waals surface area contributed by atoms with Crippen LogP contribution < -0.4 is 9.47 Å². The number of fused-ring (bicyclic) bond motifs is 1. The number of methoxy groups -OCH3 is 1. The molecule has 0 bridgehead atoms. The van der Waals surface area contributed by atoms with Crippen molar-refractivity contribution in [1.82, 2.24) is 19.7 Å². The molecule has 142 valence electrons. The van der Waals surface area contributed by atoms with Crippen LogP contribution in [0, 0.1) is 0 Å². The molecule has 0 spiro atoms. The Morgan fingerprint density at radius 3 is 2.74 bits per heavy atom. The molecule has 1 aromatic carbocycles. The molecule has 0 radical (unpaired) electrons. The van der Waals surface area contributed by atoms with Crippen LogP contribution in [-0.2, 0) is 16.1 Å². The first-order valence-corrected chi connectivity index (χ1v) is 8.19. The lowest BCUT2D eigenvalue weighted by atomic mass is 10.2. The molecule has 0 aliphatic carbocycles. The predicted octanol–water partition coefficient (Wildman–Crippen LogP) is 2.67. The summed E-state index contributed by atoms with van der Waals surface area (Å²) >= 11 is 0. The van der Waals surface area contributed by atoms with E-state index in [2.05, 4.69) is 15.1 Å². The average molecular weight is 372 g/mol. The van der Waals surface area contributed by atoms with Gasteiger partial charge in [-0.3, -0.25) is 9.48 Å². The van der Waals surface area contributed by atoms with Gasteiger partial charge in [0.1, 0.15) is 18.5 Å².